The summed E-state index contributed by atoms with van der Waals surface area (Å²) in [4.78, 5) is 11.4. The normalized spacial score (nSPS) is 13.1. The van der Waals surface area contributed by atoms with E-state index in [2.05, 4.69) is 19.1 Å². The lowest BCUT2D eigenvalue weighted by Crippen LogP contribution is -2.26. The zero-order valence-corrected chi connectivity index (χ0v) is 12.3. The summed E-state index contributed by atoms with van der Waals surface area (Å²) < 4.78 is 10.5. The molecule has 0 amide bonds. The van der Waals surface area contributed by atoms with Gasteiger partial charge in [-0.15, -0.1) is 0 Å². The smallest absolute Gasteiger partial charge is 0.332 e. The van der Waals surface area contributed by atoms with Crippen LogP contribution in [0, 0.1) is 0 Å². The molecule has 0 radical (unpaired) electrons. The van der Waals surface area contributed by atoms with Crippen molar-refractivity contribution in [3.05, 3.63) is 35.9 Å². The molecule has 1 atom stereocenters. The Morgan fingerprint density at radius 1 is 1.21 bits per heavy atom. The van der Waals surface area contributed by atoms with E-state index < -0.39 is 5.60 Å². The molecule has 0 bridgehead atoms. The number of benzene rings is 1. The Balaban J connectivity index is 2.19. The molecule has 0 aromatic heterocycles. The van der Waals surface area contributed by atoms with E-state index in [1.54, 1.807) is 0 Å². The molecule has 0 aliphatic rings. The van der Waals surface area contributed by atoms with Gasteiger partial charge in [0.25, 0.3) is 0 Å². The third-order valence-corrected chi connectivity index (χ3v) is 2.70. The van der Waals surface area contributed by atoms with Gasteiger partial charge in [0.2, 0.25) is 0 Å². The highest BCUT2D eigenvalue weighted by atomic mass is 16.6. The van der Waals surface area contributed by atoms with Crippen molar-refractivity contribution in [2.45, 2.75) is 45.6 Å². The van der Waals surface area contributed by atoms with E-state index in [-0.39, 0.29) is 12.6 Å². The van der Waals surface area contributed by atoms with E-state index >= 15 is 0 Å². The van der Waals surface area contributed by atoms with Crippen molar-refractivity contribution in [3.63, 3.8) is 0 Å². The minimum atomic E-state index is -0.447. The fourth-order valence-electron chi connectivity index (χ4n) is 1.73. The van der Waals surface area contributed by atoms with Crippen LogP contribution in [0.4, 0.5) is 0 Å². The molecular formula is C16H24O3. The predicted molar refractivity (Wildman–Crippen MR) is 76.1 cm³/mol. The van der Waals surface area contributed by atoms with E-state index in [9.17, 15) is 4.79 Å². The fourth-order valence-corrected chi connectivity index (χ4v) is 1.73. The van der Waals surface area contributed by atoms with Gasteiger partial charge in [0, 0.05) is 6.61 Å². The quantitative estimate of drug-likeness (QED) is 0.582. The SMILES string of the molecule is C[C@H](CCOCC(=O)OC(C)(C)C)c1ccccc1. The van der Waals surface area contributed by atoms with Crippen molar-refractivity contribution in [2.75, 3.05) is 13.2 Å². The molecule has 0 aliphatic carbocycles. The summed E-state index contributed by atoms with van der Waals surface area (Å²) in [5.74, 6) is 0.125. The van der Waals surface area contributed by atoms with Crippen LogP contribution >= 0.6 is 0 Å². The molecule has 0 saturated carbocycles. The molecule has 0 N–H and O–H groups in total. The first-order valence-electron chi connectivity index (χ1n) is 6.73. The van der Waals surface area contributed by atoms with Crippen LogP contribution in [0.5, 0.6) is 0 Å². The Kier molecular flexibility index (Phi) is 6.03. The Morgan fingerprint density at radius 3 is 2.42 bits per heavy atom. The van der Waals surface area contributed by atoms with Crippen molar-refractivity contribution < 1.29 is 14.3 Å². The lowest BCUT2D eigenvalue weighted by Gasteiger charge is -2.19. The molecule has 106 valence electrons. The highest BCUT2D eigenvalue weighted by Crippen LogP contribution is 2.18. The number of ether oxygens (including phenoxy) is 2. The van der Waals surface area contributed by atoms with E-state index in [4.69, 9.17) is 9.47 Å². The molecule has 19 heavy (non-hydrogen) atoms. The Hall–Kier alpha value is -1.35. The second kappa shape index (κ2) is 7.29. The van der Waals surface area contributed by atoms with Crippen LogP contribution in [0.15, 0.2) is 30.3 Å². The summed E-state index contributed by atoms with van der Waals surface area (Å²) in [7, 11) is 0. The van der Waals surface area contributed by atoms with Gasteiger partial charge < -0.3 is 9.47 Å². The third kappa shape index (κ3) is 6.97. The van der Waals surface area contributed by atoms with Crippen molar-refractivity contribution in [1.29, 1.82) is 0 Å². The molecule has 3 nitrogen and oxygen atoms in total. The number of hydrogen-bond acceptors (Lipinski definition) is 3. The minimum absolute atomic E-state index is 0.0266. The van der Waals surface area contributed by atoms with Gasteiger partial charge in [-0.2, -0.15) is 0 Å². The number of rotatable bonds is 6. The van der Waals surface area contributed by atoms with Crippen LogP contribution in [0.3, 0.4) is 0 Å². The molecule has 0 unspecified atom stereocenters. The molecule has 0 spiro atoms. The number of esters is 1. The summed E-state index contributed by atoms with van der Waals surface area (Å²) in [6, 6.07) is 10.3. The second-order valence-corrected chi connectivity index (χ2v) is 5.74. The van der Waals surface area contributed by atoms with E-state index in [1.165, 1.54) is 5.56 Å². The first-order chi connectivity index (χ1) is 8.88. The highest BCUT2D eigenvalue weighted by molar-refractivity contribution is 5.71. The zero-order valence-electron chi connectivity index (χ0n) is 12.3. The monoisotopic (exact) mass is 264 g/mol. The topological polar surface area (TPSA) is 35.5 Å². The minimum Gasteiger partial charge on any atom is -0.458 e. The zero-order chi connectivity index (χ0) is 14.3. The van der Waals surface area contributed by atoms with Crippen LogP contribution < -0.4 is 0 Å². The largest absolute Gasteiger partial charge is 0.458 e. The van der Waals surface area contributed by atoms with Crippen LogP contribution in [0.25, 0.3) is 0 Å². The molecule has 0 fully saturated rings. The Bertz CT molecular complexity index is 379. The predicted octanol–water partition coefficient (Wildman–Crippen LogP) is 3.54. The van der Waals surface area contributed by atoms with Gasteiger partial charge in [-0.25, -0.2) is 4.79 Å². The molecule has 1 aromatic carbocycles. The van der Waals surface area contributed by atoms with Gasteiger partial charge >= 0.3 is 5.97 Å². The van der Waals surface area contributed by atoms with Crippen molar-refractivity contribution in [3.8, 4) is 0 Å². The van der Waals surface area contributed by atoms with Gasteiger partial charge in [0.1, 0.15) is 12.2 Å². The maximum atomic E-state index is 11.4. The van der Waals surface area contributed by atoms with E-state index in [0.717, 1.165) is 6.42 Å². The molecule has 0 heterocycles. The van der Waals surface area contributed by atoms with Gasteiger partial charge in [0.15, 0.2) is 0 Å². The highest BCUT2D eigenvalue weighted by Gasteiger charge is 2.16. The number of carbonyl (C=O) groups is 1. The Morgan fingerprint density at radius 2 is 1.84 bits per heavy atom. The first kappa shape index (κ1) is 15.7. The molecular weight excluding hydrogens is 240 g/mol. The molecule has 3 heteroatoms. The lowest BCUT2D eigenvalue weighted by molar-refractivity contribution is -0.160. The van der Waals surface area contributed by atoms with Crippen molar-refractivity contribution in [1.82, 2.24) is 0 Å². The summed E-state index contributed by atoms with van der Waals surface area (Å²) in [6.45, 7) is 8.30. The van der Waals surface area contributed by atoms with E-state index in [1.807, 2.05) is 39.0 Å². The van der Waals surface area contributed by atoms with Gasteiger partial charge in [0.05, 0.1) is 0 Å². The van der Waals surface area contributed by atoms with Crippen LogP contribution in [-0.2, 0) is 14.3 Å². The standard InChI is InChI=1S/C16H24O3/c1-13(14-8-6-5-7-9-14)10-11-18-12-15(17)19-16(2,3)4/h5-9,13H,10-12H2,1-4H3/t13-/m1/s1. The van der Waals surface area contributed by atoms with E-state index in [0.29, 0.717) is 12.5 Å². The summed E-state index contributed by atoms with van der Waals surface area (Å²) in [6.07, 6.45) is 0.896. The Labute approximate surface area is 115 Å². The number of hydrogen-bond donors (Lipinski definition) is 0. The molecule has 0 aliphatic heterocycles. The van der Waals surface area contributed by atoms with Gasteiger partial charge in [-0.3, -0.25) is 0 Å². The maximum Gasteiger partial charge on any atom is 0.332 e. The third-order valence-electron chi connectivity index (χ3n) is 2.70. The molecule has 0 saturated heterocycles. The van der Waals surface area contributed by atoms with Gasteiger partial charge in [-0.05, 0) is 38.7 Å². The first-order valence-corrected chi connectivity index (χ1v) is 6.73. The molecule has 1 aromatic rings. The van der Waals surface area contributed by atoms with Crippen molar-refractivity contribution in [2.24, 2.45) is 0 Å². The van der Waals surface area contributed by atoms with Crippen LogP contribution in [-0.4, -0.2) is 24.8 Å². The molecule has 1 rings (SSSR count). The second-order valence-electron chi connectivity index (χ2n) is 5.74. The van der Waals surface area contributed by atoms with Crippen LogP contribution in [0.1, 0.15) is 45.6 Å². The number of carbonyl (C=O) groups excluding carboxylic acids is 1. The maximum absolute atomic E-state index is 11.4. The average molecular weight is 264 g/mol. The summed E-state index contributed by atoms with van der Waals surface area (Å²) in [5, 5.41) is 0. The lowest BCUT2D eigenvalue weighted by atomic mass is 9.98. The summed E-state index contributed by atoms with van der Waals surface area (Å²) >= 11 is 0. The van der Waals surface area contributed by atoms with Gasteiger partial charge in [-0.1, -0.05) is 37.3 Å². The average Bonchev–Trinajstić information content (AvgIpc) is 2.33. The summed E-state index contributed by atoms with van der Waals surface area (Å²) in [5.41, 5.74) is 0.848. The van der Waals surface area contributed by atoms with Crippen molar-refractivity contribution >= 4 is 5.97 Å². The van der Waals surface area contributed by atoms with Crippen LogP contribution in [0.2, 0.25) is 0 Å². The fraction of sp³-hybridized carbons (Fsp3) is 0.562.